The van der Waals surface area contributed by atoms with Crippen molar-refractivity contribution in [3.8, 4) is 0 Å². The summed E-state index contributed by atoms with van der Waals surface area (Å²) in [6.07, 6.45) is -4.28. The second-order valence-electron chi connectivity index (χ2n) is 4.32. The van der Waals surface area contributed by atoms with Crippen LogP contribution < -0.4 is 11.1 Å². The van der Waals surface area contributed by atoms with E-state index in [1.807, 2.05) is 0 Å². The largest absolute Gasteiger partial charge is 0.405 e. The lowest BCUT2D eigenvalue weighted by molar-refractivity contribution is -0.186. The summed E-state index contributed by atoms with van der Waals surface area (Å²) in [6, 6.07) is -2.89. The van der Waals surface area contributed by atoms with Gasteiger partial charge in [0.25, 0.3) is 0 Å². The van der Waals surface area contributed by atoms with Crippen molar-refractivity contribution in [2.24, 2.45) is 5.73 Å². The number of nitrogens with zero attached hydrogens (tertiary/aromatic N) is 1. The third-order valence-electron chi connectivity index (χ3n) is 2.71. The Hall–Kier alpha value is -0.860. The Balaban J connectivity index is 4.48. The molecule has 0 heterocycles. The van der Waals surface area contributed by atoms with Gasteiger partial charge in [-0.25, -0.2) is 0 Å². The number of methoxy groups -OCH3 is 1. The van der Waals surface area contributed by atoms with E-state index in [-0.39, 0.29) is 19.5 Å². The van der Waals surface area contributed by atoms with Gasteiger partial charge in [-0.1, -0.05) is 6.92 Å². The summed E-state index contributed by atoms with van der Waals surface area (Å²) in [5, 5.41) is 2.46. The van der Waals surface area contributed by atoms with Gasteiger partial charge in [-0.15, -0.1) is 0 Å². The predicted molar refractivity (Wildman–Crippen MR) is 65.6 cm³/mol. The summed E-state index contributed by atoms with van der Waals surface area (Å²) in [5.41, 5.74) is 5.49. The molecule has 3 N–H and O–H groups in total. The van der Waals surface area contributed by atoms with Crippen molar-refractivity contribution in [2.45, 2.75) is 31.6 Å². The monoisotopic (exact) mass is 285 g/mol. The van der Waals surface area contributed by atoms with Gasteiger partial charge < -0.3 is 15.8 Å². The van der Waals surface area contributed by atoms with Crippen LogP contribution in [-0.4, -0.2) is 62.9 Å². The van der Waals surface area contributed by atoms with Gasteiger partial charge in [-0.2, -0.15) is 13.2 Å². The van der Waals surface area contributed by atoms with Crippen LogP contribution in [0.5, 0.6) is 0 Å². The van der Waals surface area contributed by atoms with Gasteiger partial charge in [0, 0.05) is 19.7 Å². The van der Waals surface area contributed by atoms with Crippen molar-refractivity contribution in [3.63, 3.8) is 0 Å². The molecule has 0 saturated heterocycles. The molecule has 0 fully saturated rings. The van der Waals surface area contributed by atoms with E-state index in [1.54, 1.807) is 6.92 Å². The topological polar surface area (TPSA) is 67.6 Å². The smallest absolute Gasteiger partial charge is 0.383 e. The molecule has 0 aliphatic carbocycles. The molecule has 8 heteroatoms. The lowest BCUT2D eigenvalue weighted by Crippen LogP contribution is -2.56. The van der Waals surface area contributed by atoms with E-state index in [2.05, 4.69) is 5.32 Å². The van der Waals surface area contributed by atoms with Crippen LogP contribution in [-0.2, 0) is 9.53 Å². The average Bonchev–Trinajstić information content (AvgIpc) is 2.27. The maximum absolute atomic E-state index is 12.9. The molecule has 0 aliphatic rings. The highest BCUT2D eigenvalue weighted by Gasteiger charge is 2.45. The minimum Gasteiger partial charge on any atom is -0.383 e. The van der Waals surface area contributed by atoms with Gasteiger partial charge >= 0.3 is 6.18 Å². The van der Waals surface area contributed by atoms with Gasteiger partial charge in [-0.05, 0) is 13.5 Å². The Bertz CT molecular complexity index is 274. The first-order chi connectivity index (χ1) is 8.73. The second-order valence-corrected chi connectivity index (χ2v) is 4.32. The Morgan fingerprint density at radius 3 is 2.47 bits per heavy atom. The van der Waals surface area contributed by atoms with Crippen molar-refractivity contribution in [2.75, 3.05) is 33.9 Å². The van der Waals surface area contributed by atoms with Gasteiger partial charge in [0.15, 0.2) is 0 Å². The van der Waals surface area contributed by atoms with E-state index >= 15 is 0 Å². The maximum atomic E-state index is 12.9. The Labute approximate surface area is 111 Å². The fourth-order valence-electron chi connectivity index (χ4n) is 1.72. The van der Waals surface area contributed by atoms with Crippen molar-refractivity contribution >= 4 is 5.91 Å². The van der Waals surface area contributed by atoms with Gasteiger partial charge in [0.2, 0.25) is 5.91 Å². The average molecular weight is 285 g/mol. The number of alkyl halides is 3. The third-order valence-corrected chi connectivity index (χ3v) is 2.71. The molecular formula is C11H22F3N3O2. The van der Waals surface area contributed by atoms with E-state index in [0.717, 1.165) is 4.90 Å². The molecule has 0 aromatic carbocycles. The number of hydrogen-bond acceptors (Lipinski definition) is 4. The van der Waals surface area contributed by atoms with Crippen LogP contribution in [0, 0.1) is 0 Å². The standard InChI is InChI=1S/C11H22F3N3O2/c1-4-8(15)10(11(12,13)14)17(2)7-9(18)16-5-6-19-3/h8,10H,4-7,15H2,1-3H3,(H,16,18). The van der Waals surface area contributed by atoms with Crippen LogP contribution in [0.3, 0.4) is 0 Å². The minimum atomic E-state index is -4.46. The van der Waals surface area contributed by atoms with Crippen molar-refractivity contribution < 1.29 is 22.7 Å². The summed E-state index contributed by atoms with van der Waals surface area (Å²) in [6.45, 7) is 1.80. The number of amides is 1. The summed E-state index contributed by atoms with van der Waals surface area (Å²) < 4.78 is 43.4. The number of hydrogen-bond donors (Lipinski definition) is 2. The molecule has 0 saturated carbocycles. The normalized spacial score (nSPS) is 15.4. The van der Waals surface area contributed by atoms with Crippen LogP contribution in [0.2, 0.25) is 0 Å². The SMILES string of the molecule is CCC(N)C(N(C)CC(=O)NCCOC)C(F)(F)F. The quantitative estimate of drug-likeness (QED) is 0.632. The molecule has 0 aromatic heterocycles. The highest BCUT2D eigenvalue weighted by molar-refractivity contribution is 5.78. The summed E-state index contributed by atoms with van der Waals surface area (Å²) >= 11 is 0. The molecule has 0 spiro atoms. The summed E-state index contributed by atoms with van der Waals surface area (Å²) in [4.78, 5) is 12.4. The molecule has 0 aromatic rings. The number of carbonyl (C=O) groups is 1. The molecule has 0 rings (SSSR count). The number of ether oxygens (including phenoxy) is 1. The molecular weight excluding hydrogens is 263 g/mol. The fraction of sp³-hybridized carbons (Fsp3) is 0.909. The van der Waals surface area contributed by atoms with E-state index in [9.17, 15) is 18.0 Å². The molecule has 114 valence electrons. The Kier molecular flexibility index (Phi) is 7.96. The third kappa shape index (κ3) is 6.74. The molecule has 19 heavy (non-hydrogen) atoms. The van der Waals surface area contributed by atoms with Crippen LogP contribution in [0.1, 0.15) is 13.3 Å². The highest BCUT2D eigenvalue weighted by atomic mass is 19.4. The minimum absolute atomic E-state index is 0.180. The lowest BCUT2D eigenvalue weighted by Gasteiger charge is -2.33. The second kappa shape index (κ2) is 8.34. The summed E-state index contributed by atoms with van der Waals surface area (Å²) in [7, 11) is 2.71. The zero-order chi connectivity index (χ0) is 15.1. The van der Waals surface area contributed by atoms with Crippen molar-refractivity contribution in [1.29, 1.82) is 0 Å². The lowest BCUT2D eigenvalue weighted by atomic mass is 10.0. The number of carbonyl (C=O) groups excluding carboxylic acids is 1. The van der Waals surface area contributed by atoms with E-state index in [1.165, 1.54) is 14.2 Å². The maximum Gasteiger partial charge on any atom is 0.405 e. The Morgan fingerprint density at radius 1 is 1.47 bits per heavy atom. The first kappa shape index (κ1) is 18.1. The van der Waals surface area contributed by atoms with Gasteiger partial charge in [-0.3, -0.25) is 9.69 Å². The fourth-order valence-corrected chi connectivity index (χ4v) is 1.72. The zero-order valence-electron chi connectivity index (χ0n) is 11.5. The number of rotatable bonds is 8. The van der Waals surface area contributed by atoms with Crippen LogP contribution in [0.25, 0.3) is 0 Å². The van der Waals surface area contributed by atoms with E-state index < -0.39 is 24.2 Å². The van der Waals surface area contributed by atoms with Gasteiger partial charge in [0.05, 0.1) is 13.2 Å². The molecule has 1 amide bonds. The first-order valence-electron chi connectivity index (χ1n) is 6.02. The van der Waals surface area contributed by atoms with Crippen LogP contribution in [0.4, 0.5) is 13.2 Å². The number of nitrogens with two attached hydrogens (primary N) is 1. The first-order valence-corrected chi connectivity index (χ1v) is 6.02. The zero-order valence-corrected chi connectivity index (χ0v) is 11.5. The van der Waals surface area contributed by atoms with Gasteiger partial charge in [0.1, 0.15) is 6.04 Å². The van der Waals surface area contributed by atoms with Crippen molar-refractivity contribution in [3.05, 3.63) is 0 Å². The van der Waals surface area contributed by atoms with E-state index in [0.29, 0.717) is 6.61 Å². The number of nitrogens with one attached hydrogen (secondary N) is 1. The molecule has 5 nitrogen and oxygen atoms in total. The predicted octanol–water partition coefficient (Wildman–Crippen LogP) is 0.349. The molecule has 2 unspecified atom stereocenters. The number of halogens is 3. The molecule has 2 atom stereocenters. The van der Waals surface area contributed by atoms with E-state index in [4.69, 9.17) is 10.5 Å². The van der Waals surface area contributed by atoms with Crippen LogP contribution >= 0.6 is 0 Å². The molecule has 0 radical (unpaired) electrons. The number of likely N-dealkylation sites (N-methyl/N-ethyl adjacent to an activating group) is 1. The van der Waals surface area contributed by atoms with Crippen LogP contribution in [0.15, 0.2) is 0 Å². The molecule has 0 bridgehead atoms. The van der Waals surface area contributed by atoms with Crippen molar-refractivity contribution in [1.82, 2.24) is 10.2 Å². The molecule has 0 aliphatic heterocycles. The highest BCUT2D eigenvalue weighted by Crippen LogP contribution is 2.26. The summed E-state index contributed by atoms with van der Waals surface area (Å²) in [5.74, 6) is -0.489. The Morgan fingerprint density at radius 2 is 2.05 bits per heavy atom.